The van der Waals surface area contributed by atoms with Crippen LogP contribution in [0.25, 0.3) is 0 Å². The zero-order valence-corrected chi connectivity index (χ0v) is 11.7. The molecule has 0 aliphatic carbocycles. The Morgan fingerprint density at radius 1 is 1.37 bits per heavy atom. The second kappa shape index (κ2) is 5.63. The van der Waals surface area contributed by atoms with Crippen molar-refractivity contribution >= 4 is 27.1 Å². The van der Waals surface area contributed by atoms with Gasteiger partial charge in [0.05, 0.1) is 22.0 Å². The number of aryl methyl sites for hydroxylation is 1. The Hall–Kier alpha value is -1.53. The summed E-state index contributed by atoms with van der Waals surface area (Å²) in [5.74, 6) is 0.0365. The van der Waals surface area contributed by atoms with Crippen LogP contribution in [0.15, 0.2) is 41.8 Å². The van der Waals surface area contributed by atoms with Crippen LogP contribution in [-0.2, 0) is 16.4 Å². The van der Waals surface area contributed by atoms with Crippen molar-refractivity contribution in [3.8, 4) is 0 Å². The van der Waals surface area contributed by atoms with Gasteiger partial charge in [0.15, 0.2) is 9.84 Å². The number of halogens is 1. The number of nitrogens with zero attached hydrogens (tertiary/aromatic N) is 2. The number of rotatable bonds is 5. The molecule has 0 fully saturated rings. The lowest BCUT2D eigenvalue weighted by molar-refractivity contribution is 0.586. The van der Waals surface area contributed by atoms with Crippen molar-refractivity contribution in [2.24, 2.45) is 0 Å². The Balaban J connectivity index is 2.05. The third-order valence-electron chi connectivity index (χ3n) is 2.68. The van der Waals surface area contributed by atoms with Crippen LogP contribution >= 0.6 is 11.6 Å². The molecule has 1 aromatic heterocycles. The number of nitrogens with two attached hydrogens (primary N) is 1. The van der Waals surface area contributed by atoms with Gasteiger partial charge < -0.3 is 10.3 Å². The maximum atomic E-state index is 12.1. The second-order valence-electron chi connectivity index (χ2n) is 4.16. The third-order valence-corrected chi connectivity index (χ3v) is 4.96. The van der Waals surface area contributed by atoms with Gasteiger partial charge in [-0.2, -0.15) is 0 Å². The number of anilines is 1. The minimum absolute atomic E-state index is 0.0365. The third kappa shape index (κ3) is 3.48. The van der Waals surface area contributed by atoms with Crippen molar-refractivity contribution in [3.05, 3.63) is 41.9 Å². The Labute approximate surface area is 116 Å². The van der Waals surface area contributed by atoms with Crippen LogP contribution in [0.2, 0.25) is 5.02 Å². The number of benzene rings is 1. The highest BCUT2D eigenvalue weighted by atomic mass is 35.5. The molecule has 0 bridgehead atoms. The van der Waals surface area contributed by atoms with Crippen LogP contribution in [0, 0.1) is 0 Å². The van der Waals surface area contributed by atoms with E-state index in [2.05, 4.69) is 4.98 Å². The zero-order chi connectivity index (χ0) is 13.9. The quantitative estimate of drug-likeness (QED) is 0.856. The highest BCUT2D eigenvalue weighted by Gasteiger charge is 2.17. The molecule has 0 spiro atoms. The Morgan fingerprint density at radius 2 is 2.16 bits per heavy atom. The van der Waals surface area contributed by atoms with Crippen molar-refractivity contribution in [2.75, 3.05) is 11.5 Å². The van der Waals surface area contributed by atoms with Gasteiger partial charge in [-0.15, -0.1) is 0 Å². The molecule has 0 amide bonds. The molecule has 2 N–H and O–H groups in total. The van der Waals surface area contributed by atoms with Crippen molar-refractivity contribution in [2.45, 2.75) is 17.9 Å². The molecule has 5 nitrogen and oxygen atoms in total. The zero-order valence-electron chi connectivity index (χ0n) is 10.2. The molecule has 1 aromatic carbocycles. The van der Waals surface area contributed by atoms with Crippen LogP contribution in [0.5, 0.6) is 0 Å². The smallest absolute Gasteiger partial charge is 0.179 e. The fourth-order valence-electron chi connectivity index (χ4n) is 1.74. The lowest BCUT2D eigenvalue weighted by Crippen LogP contribution is -2.10. The molecule has 0 aliphatic heterocycles. The maximum absolute atomic E-state index is 12.1. The molecule has 2 aromatic rings. The Kier molecular flexibility index (Phi) is 4.11. The lowest BCUT2D eigenvalue weighted by atomic mass is 10.3. The maximum Gasteiger partial charge on any atom is 0.179 e. The standard InChI is InChI=1S/C12H14ClN3O2S/c13-11-8-10(14)2-3-12(11)19(17,18)7-1-5-16-6-4-15-9-16/h2-4,6,8-9H,1,5,7,14H2. The molecule has 19 heavy (non-hydrogen) atoms. The summed E-state index contributed by atoms with van der Waals surface area (Å²) in [5.41, 5.74) is 5.99. The van der Waals surface area contributed by atoms with Crippen LogP contribution in [0.3, 0.4) is 0 Å². The summed E-state index contributed by atoms with van der Waals surface area (Å²) in [5, 5.41) is 0.169. The van der Waals surface area contributed by atoms with E-state index in [4.69, 9.17) is 17.3 Å². The summed E-state index contributed by atoms with van der Waals surface area (Å²) in [7, 11) is -3.38. The van der Waals surface area contributed by atoms with E-state index < -0.39 is 9.84 Å². The minimum atomic E-state index is -3.38. The second-order valence-corrected chi connectivity index (χ2v) is 6.65. The van der Waals surface area contributed by atoms with Crippen LogP contribution in [-0.4, -0.2) is 23.7 Å². The molecule has 0 radical (unpaired) electrons. The molecule has 0 aliphatic rings. The van der Waals surface area contributed by atoms with E-state index in [9.17, 15) is 8.42 Å². The number of aromatic nitrogens is 2. The number of sulfone groups is 1. The lowest BCUT2D eigenvalue weighted by Gasteiger charge is -2.07. The molecular formula is C12H14ClN3O2S. The van der Waals surface area contributed by atoms with Crippen molar-refractivity contribution in [1.82, 2.24) is 9.55 Å². The number of imidazole rings is 1. The SMILES string of the molecule is Nc1ccc(S(=O)(=O)CCCn2ccnc2)c(Cl)c1. The van der Waals surface area contributed by atoms with Gasteiger partial charge in [0, 0.05) is 24.6 Å². The Bertz CT molecular complexity index is 654. The van der Waals surface area contributed by atoms with E-state index in [1.54, 1.807) is 18.7 Å². The normalized spacial score (nSPS) is 11.6. The van der Waals surface area contributed by atoms with Crippen LogP contribution in [0.1, 0.15) is 6.42 Å². The van der Waals surface area contributed by atoms with E-state index in [-0.39, 0.29) is 15.7 Å². The van der Waals surface area contributed by atoms with Crippen molar-refractivity contribution in [3.63, 3.8) is 0 Å². The summed E-state index contributed by atoms with van der Waals surface area (Å²) in [6.45, 7) is 0.603. The highest BCUT2D eigenvalue weighted by molar-refractivity contribution is 7.91. The van der Waals surface area contributed by atoms with E-state index in [1.165, 1.54) is 18.2 Å². The highest BCUT2D eigenvalue weighted by Crippen LogP contribution is 2.25. The molecule has 7 heteroatoms. The van der Waals surface area contributed by atoms with Gasteiger partial charge in [-0.1, -0.05) is 11.6 Å². The van der Waals surface area contributed by atoms with Gasteiger partial charge in [-0.3, -0.25) is 0 Å². The summed E-state index contributed by atoms with van der Waals surface area (Å²) in [6.07, 6.45) is 5.61. The molecule has 102 valence electrons. The van der Waals surface area contributed by atoms with Gasteiger partial charge in [-0.25, -0.2) is 13.4 Å². The van der Waals surface area contributed by atoms with Crippen LogP contribution < -0.4 is 5.73 Å². The number of nitrogen functional groups attached to an aromatic ring is 1. The van der Waals surface area contributed by atoms with Crippen molar-refractivity contribution in [1.29, 1.82) is 0 Å². The van der Waals surface area contributed by atoms with Gasteiger partial charge >= 0.3 is 0 Å². The fraction of sp³-hybridized carbons (Fsp3) is 0.250. The summed E-state index contributed by atoms with van der Waals surface area (Å²) in [4.78, 5) is 4.03. The Morgan fingerprint density at radius 3 is 2.79 bits per heavy atom. The van der Waals surface area contributed by atoms with Gasteiger partial charge in [0.25, 0.3) is 0 Å². The largest absolute Gasteiger partial charge is 0.399 e. The molecular weight excluding hydrogens is 286 g/mol. The van der Waals surface area contributed by atoms with Crippen LogP contribution in [0.4, 0.5) is 5.69 Å². The summed E-state index contributed by atoms with van der Waals surface area (Å²) >= 11 is 5.92. The average Bonchev–Trinajstić information content (AvgIpc) is 2.81. The van der Waals surface area contributed by atoms with Gasteiger partial charge in [-0.05, 0) is 24.6 Å². The molecule has 0 saturated carbocycles. The summed E-state index contributed by atoms with van der Waals surface area (Å²) < 4.78 is 26.1. The first kappa shape index (κ1) is 13.9. The minimum Gasteiger partial charge on any atom is -0.399 e. The monoisotopic (exact) mass is 299 g/mol. The predicted octanol–water partition coefficient (Wildman–Crippen LogP) is 1.98. The van der Waals surface area contributed by atoms with Gasteiger partial charge in [0.1, 0.15) is 0 Å². The van der Waals surface area contributed by atoms with Crippen molar-refractivity contribution < 1.29 is 8.42 Å². The first-order chi connectivity index (χ1) is 8.99. The molecule has 0 atom stereocenters. The topological polar surface area (TPSA) is 78.0 Å². The molecule has 0 saturated heterocycles. The van der Waals surface area contributed by atoms with E-state index >= 15 is 0 Å². The summed E-state index contributed by atoms with van der Waals surface area (Å²) in [6, 6.07) is 4.43. The first-order valence-corrected chi connectivity index (χ1v) is 7.75. The number of hydrogen-bond donors (Lipinski definition) is 1. The van der Waals surface area contributed by atoms with E-state index in [0.29, 0.717) is 18.7 Å². The first-order valence-electron chi connectivity index (χ1n) is 5.72. The average molecular weight is 300 g/mol. The molecule has 2 rings (SSSR count). The molecule has 1 heterocycles. The fourth-order valence-corrected chi connectivity index (χ4v) is 3.64. The van der Waals surface area contributed by atoms with Gasteiger partial charge in [0.2, 0.25) is 0 Å². The molecule has 0 unspecified atom stereocenters. The van der Waals surface area contributed by atoms with E-state index in [1.807, 2.05) is 4.57 Å². The van der Waals surface area contributed by atoms with E-state index in [0.717, 1.165) is 0 Å². The predicted molar refractivity (Wildman–Crippen MR) is 74.8 cm³/mol. The number of hydrogen-bond acceptors (Lipinski definition) is 4.